The number of nitrogens with zero attached hydrogens (tertiary/aromatic N) is 1. The van der Waals surface area contributed by atoms with Crippen molar-refractivity contribution in [1.82, 2.24) is 4.98 Å². The Morgan fingerprint density at radius 3 is 3.09 bits per heavy atom. The van der Waals surface area contributed by atoms with Crippen LogP contribution in [0.1, 0.15) is 5.56 Å². The van der Waals surface area contributed by atoms with E-state index in [9.17, 15) is 0 Å². The van der Waals surface area contributed by atoms with Gasteiger partial charge < -0.3 is 0 Å². The quantitative estimate of drug-likeness (QED) is 0.673. The number of aromatic nitrogens is 1. The Balaban J connectivity index is 2.82. The summed E-state index contributed by atoms with van der Waals surface area (Å²) in [6.07, 6.45) is 1.89. The fourth-order valence-corrected chi connectivity index (χ4v) is 2.57. The van der Waals surface area contributed by atoms with Crippen LogP contribution in [0.3, 0.4) is 0 Å². The Labute approximate surface area is 77.2 Å². The summed E-state index contributed by atoms with van der Waals surface area (Å²) in [6.45, 7) is 2.06. The summed E-state index contributed by atoms with van der Waals surface area (Å²) in [4.78, 5) is 4.28. The number of hydrogen-bond donors (Lipinski definition) is 0. The molecule has 0 aliphatic carbocycles. The lowest BCUT2D eigenvalue weighted by atomic mass is 10.3. The molecule has 0 spiro atoms. The van der Waals surface area contributed by atoms with Gasteiger partial charge in [0.05, 0.1) is 14.0 Å². The van der Waals surface area contributed by atoms with E-state index in [1.165, 1.54) is 10.3 Å². The van der Waals surface area contributed by atoms with Crippen LogP contribution in [-0.4, -0.2) is 4.98 Å². The van der Waals surface area contributed by atoms with Gasteiger partial charge in [0.2, 0.25) is 0 Å². The largest absolute Gasteiger partial charge is 0.255 e. The van der Waals surface area contributed by atoms with Crippen molar-refractivity contribution in [2.45, 2.75) is 6.92 Å². The van der Waals surface area contributed by atoms with Crippen molar-refractivity contribution in [2.24, 2.45) is 0 Å². The van der Waals surface area contributed by atoms with Crippen LogP contribution in [0.25, 0.3) is 10.2 Å². The molecule has 2 aromatic heterocycles. The van der Waals surface area contributed by atoms with E-state index in [0.29, 0.717) is 0 Å². The van der Waals surface area contributed by atoms with Crippen LogP contribution in [0.5, 0.6) is 0 Å². The Morgan fingerprint density at radius 1 is 1.45 bits per heavy atom. The highest BCUT2D eigenvalue weighted by Gasteiger charge is 1.99. The smallest absolute Gasteiger partial charge is 0.0821 e. The van der Waals surface area contributed by atoms with Crippen LogP contribution in [0, 0.1) is 6.92 Å². The summed E-state index contributed by atoms with van der Waals surface area (Å²) >= 11 is 5.15. The molecule has 2 aromatic rings. The minimum atomic E-state index is 1.08. The Hall–Kier alpha value is -0.410. The molecule has 0 bridgehead atoms. The first-order valence-corrected chi connectivity index (χ1v) is 4.88. The maximum Gasteiger partial charge on any atom is 0.0821 e. The van der Waals surface area contributed by atoms with Crippen LogP contribution in [0.2, 0.25) is 0 Å². The molecule has 0 saturated carbocycles. The minimum absolute atomic E-state index is 1.08. The number of hydrogen-bond acceptors (Lipinski definition) is 2. The molecular weight excluding hydrogens is 222 g/mol. The second-order valence-corrected chi connectivity index (χ2v) is 4.91. The number of aryl methyl sites for hydroxylation is 1. The molecule has 0 unspecified atom stereocenters. The van der Waals surface area contributed by atoms with Gasteiger partial charge >= 0.3 is 0 Å². The van der Waals surface area contributed by atoms with E-state index >= 15 is 0 Å². The van der Waals surface area contributed by atoms with Crippen molar-refractivity contribution in [1.29, 1.82) is 0 Å². The Morgan fingerprint density at radius 2 is 2.27 bits per heavy atom. The van der Waals surface area contributed by atoms with Crippen LogP contribution >= 0.6 is 27.3 Å². The first-order chi connectivity index (χ1) is 5.25. The number of halogens is 1. The number of pyridine rings is 1. The predicted octanol–water partition coefficient (Wildman–Crippen LogP) is 3.37. The maximum absolute atomic E-state index is 4.28. The molecule has 0 saturated heterocycles. The van der Waals surface area contributed by atoms with Crippen molar-refractivity contribution < 1.29 is 0 Å². The third-order valence-electron chi connectivity index (χ3n) is 1.48. The zero-order valence-corrected chi connectivity index (χ0v) is 8.37. The van der Waals surface area contributed by atoms with Crippen LogP contribution in [0.4, 0.5) is 0 Å². The molecule has 0 fully saturated rings. The normalized spacial score (nSPS) is 10.7. The van der Waals surface area contributed by atoms with Gasteiger partial charge in [0.15, 0.2) is 0 Å². The molecular formula is C8H6BrNS. The van der Waals surface area contributed by atoms with Gasteiger partial charge in [-0.2, -0.15) is 0 Å². The van der Waals surface area contributed by atoms with Crippen LogP contribution in [0.15, 0.2) is 22.1 Å². The van der Waals surface area contributed by atoms with E-state index in [4.69, 9.17) is 0 Å². The van der Waals surface area contributed by atoms with Crippen molar-refractivity contribution in [3.8, 4) is 0 Å². The first-order valence-electron chi connectivity index (χ1n) is 3.27. The highest BCUT2D eigenvalue weighted by molar-refractivity contribution is 9.11. The van der Waals surface area contributed by atoms with E-state index in [-0.39, 0.29) is 0 Å². The molecule has 11 heavy (non-hydrogen) atoms. The van der Waals surface area contributed by atoms with Crippen molar-refractivity contribution in [3.63, 3.8) is 0 Å². The molecule has 56 valence electrons. The predicted molar refractivity (Wildman–Crippen MR) is 52.1 cm³/mol. The number of fused-ring (bicyclic) bond motifs is 1. The third kappa shape index (κ3) is 1.30. The fourth-order valence-electron chi connectivity index (χ4n) is 0.985. The van der Waals surface area contributed by atoms with Gasteiger partial charge in [-0.1, -0.05) is 0 Å². The summed E-state index contributed by atoms with van der Waals surface area (Å²) in [7, 11) is 0. The molecule has 0 radical (unpaired) electrons. The average molecular weight is 228 g/mol. The lowest BCUT2D eigenvalue weighted by Crippen LogP contribution is -1.73. The Kier molecular flexibility index (Phi) is 1.69. The summed E-state index contributed by atoms with van der Waals surface area (Å²) in [5.74, 6) is 0. The van der Waals surface area contributed by atoms with Crippen molar-refractivity contribution >= 4 is 37.5 Å². The van der Waals surface area contributed by atoms with E-state index in [1.54, 1.807) is 11.3 Å². The SMILES string of the molecule is Cc1cnc2cc(Br)sc2c1. The molecule has 0 aliphatic rings. The second-order valence-electron chi connectivity index (χ2n) is 2.45. The zero-order chi connectivity index (χ0) is 7.84. The van der Waals surface area contributed by atoms with E-state index in [2.05, 4.69) is 33.9 Å². The molecule has 0 amide bonds. The van der Waals surface area contributed by atoms with Gasteiger partial charge in [-0.25, -0.2) is 0 Å². The number of thiophene rings is 1. The zero-order valence-electron chi connectivity index (χ0n) is 5.97. The molecule has 0 atom stereocenters. The summed E-state index contributed by atoms with van der Waals surface area (Å²) in [5, 5.41) is 0. The lowest BCUT2D eigenvalue weighted by molar-refractivity contribution is 1.34. The maximum atomic E-state index is 4.28. The molecule has 3 heteroatoms. The minimum Gasteiger partial charge on any atom is -0.255 e. The van der Waals surface area contributed by atoms with Crippen LogP contribution < -0.4 is 0 Å². The molecule has 2 rings (SSSR count). The van der Waals surface area contributed by atoms with Gasteiger partial charge in [-0.15, -0.1) is 11.3 Å². The average Bonchev–Trinajstić information content (AvgIpc) is 2.27. The van der Waals surface area contributed by atoms with Gasteiger partial charge in [0.25, 0.3) is 0 Å². The summed E-state index contributed by atoms with van der Waals surface area (Å²) in [6, 6.07) is 4.19. The van der Waals surface area contributed by atoms with Gasteiger partial charge in [-0.05, 0) is 40.5 Å². The molecule has 2 heterocycles. The highest BCUT2D eigenvalue weighted by Crippen LogP contribution is 2.28. The van der Waals surface area contributed by atoms with E-state index < -0.39 is 0 Å². The van der Waals surface area contributed by atoms with Gasteiger partial charge in [-0.3, -0.25) is 4.98 Å². The molecule has 0 N–H and O–H groups in total. The first kappa shape index (κ1) is 7.25. The van der Waals surface area contributed by atoms with Crippen molar-refractivity contribution in [2.75, 3.05) is 0 Å². The Bertz CT molecular complexity index is 394. The lowest BCUT2D eigenvalue weighted by Gasteiger charge is -1.89. The standard InChI is InChI=1S/C8H6BrNS/c1-5-2-7-6(10-4-5)3-8(9)11-7/h2-4H,1H3. The monoisotopic (exact) mass is 227 g/mol. The second kappa shape index (κ2) is 2.57. The third-order valence-corrected chi connectivity index (χ3v) is 3.05. The van der Waals surface area contributed by atoms with Crippen LogP contribution in [-0.2, 0) is 0 Å². The summed E-state index contributed by atoms with van der Waals surface area (Å²) in [5.41, 5.74) is 2.29. The van der Waals surface area contributed by atoms with E-state index in [0.717, 1.165) is 9.30 Å². The molecule has 0 aromatic carbocycles. The molecule has 0 aliphatic heterocycles. The topological polar surface area (TPSA) is 12.9 Å². The van der Waals surface area contributed by atoms with E-state index in [1.807, 2.05) is 12.3 Å². The van der Waals surface area contributed by atoms with Gasteiger partial charge in [0.1, 0.15) is 0 Å². The van der Waals surface area contributed by atoms with Crippen molar-refractivity contribution in [3.05, 3.63) is 27.7 Å². The number of rotatable bonds is 0. The molecule has 1 nitrogen and oxygen atoms in total. The van der Waals surface area contributed by atoms with Gasteiger partial charge in [0, 0.05) is 6.20 Å². The highest BCUT2D eigenvalue weighted by atomic mass is 79.9. The fraction of sp³-hybridized carbons (Fsp3) is 0.125. The summed E-state index contributed by atoms with van der Waals surface area (Å²) < 4.78 is 2.39.